The van der Waals surface area contributed by atoms with Crippen molar-refractivity contribution in [2.75, 3.05) is 5.75 Å². The summed E-state index contributed by atoms with van der Waals surface area (Å²) in [4.78, 5) is 17.9. The normalized spacial score (nSPS) is 20.8. The van der Waals surface area contributed by atoms with E-state index >= 15 is 0 Å². The van der Waals surface area contributed by atoms with Gasteiger partial charge < -0.3 is 16.2 Å². The Bertz CT molecular complexity index is 290. The van der Waals surface area contributed by atoms with E-state index in [-0.39, 0.29) is 12.4 Å². The molecule has 1 atom stereocenters. The number of guanidine groups is 1. The molecule has 1 heterocycles. The van der Waals surface area contributed by atoms with E-state index in [1.165, 1.54) is 11.8 Å². The fourth-order valence-electron chi connectivity index (χ4n) is 0.774. The summed E-state index contributed by atoms with van der Waals surface area (Å²) >= 11 is 1.25. The third-order valence-corrected chi connectivity index (χ3v) is 2.20. The molecule has 1 unspecified atom stereocenters. The molecule has 1 rings (SSSR count). The number of nitrogens with zero attached hydrogens (tertiary/aromatic N) is 2. The lowest BCUT2D eigenvalue weighted by molar-refractivity contribution is -0.136. The molecule has 0 aromatic heterocycles. The molecule has 0 aromatic rings. The number of carboxylic acids is 1. The minimum absolute atomic E-state index is 0.0671. The summed E-state index contributed by atoms with van der Waals surface area (Å²) in [7, 11) is 0. The molecule has 14 heavy (non-hydrogen) atoms. The highest BCUT2D eigenvalue weighted by Crippen LogP contribution is 2.07. The first-order chi connectivity index (χ1) is 6.58. The number of amidine groups is 1. The molecule has 0 spiro atoms. The minimum atomic E-state index is -0.847. The molecule has 6 N–H and O–H groups in total. The SMILES string of the molecule is NC1=NC(N)N=C(SCCC(=O)O)N1. The van der Waals surface area contributed by atoms with E-state index in [4.69, 9.17) is 16.6 Å². The average Bonchev–Trinajstić information content (AvgIpc) is 2.01. The van der Waals surface area contributed by atoms with E-state index in [1.54, 1.807) is 0 Å². The summed E-state index contributed by atoms with van der Waals surface area (Å²) in [6, 6.07) is 0. The van der Waals surface area contributed by atoms with E-state index in [9.17, 15) is 4.79 Å². The van der Waals surface area contributed by atoms with Crippen LogP contribution in [0.5, 0.6) is 0 Å². The molecule has 1 aliphatic rings. The van der Waals surface area contributed by atoms with Crippen molar-refractivity contribution in [2.45, 2.75) is 12.7 Å². The summed E-state index contributed by atoms with van der Waals surface area (Å²) in [5, 5.41) is 11.6. The van der Waals surface area contributed by atoms with Gasteiger partial charge in [0.05, 0.1) is 6.42 Å². The van der Waals surface area contributed by atoms with E-state index < -0.39 is 12.3 Å². The lowest BCUT2D eigenvalue weighted by atomic mass is 10.5. The quantitative estimate of drug-likeness (QED) is 0.466. The molecule has 0 aromatic carbocycles. The molecule has 7 nitrogen and oxygen atoms in total. The fraction of sp³-hybridized carbons (Fsp3) is 0.500. The molecule has 0 radical (unpaired) electrons. The number of carboxylic acid groups (broad SMARTS) is 1. The number of nitrogens with two attached hydrogens (primary N) is 2. The average molecular weight is 217 g/mol. The van der Waals surface area contributed by atoms with Gasteiger partial charge in [0.15, 0.2) is 17.4 Å². The maximum Gasteiger partial charge on any atom is 0.304 e. The number of hydrogen-bond donors (Lipinski definition) is 4. The van der Waals surface area contributed by atoms with Crippen molar-refractivity contribution in [3.63, 3.8) is 0 Å². The van der Waals surface area contributed by atoms with Crippen LogP contribution >= 0.6 is 11.8 Å². The van der Waals surface area contributed by atoms with Crippen molar-refractivity contribution < 1.29 is 9.90 Å². The Morgan fingerprint density at radius 3 is 2.93 bits per heavy atom. The Labute approximate surface area is 84.7 Å². The van der Waals surface area contributed by atoms with Crippen LogP contribution in [0.4, 0.5) is 0 Å². The maximum absolute atomic E-state index is 10.2. The highest BCUT2D eigenvalue weighted by molar-refractivity contribution is 8.13. The highest BCUT2D eigenvalue weighted by atomic mass is 32.2. The first-order valence-corrected chi connectivity index (χ1v) is 4.85. The van der Waals surface area contributed by atoms with Crippen LogP contribution in [-0.4, -0.2) is 34.2 Å². The van der Waals surface area contributed by atoms with Gasteiger partial charge in [-0.2, -0.15) is 0 Å². The topological polar surface area (TPSA) is 126 Å². The predicted molar refractivity (Wildman–Crippen MR) is 54.9 cm³/mol. The summed E-state index contributed by atoms with van der Waals surface area (Å²) < 4.78 is 0. The molecule has 0 fully saturated rings. The van der Waals surface area contributed by atoms with Gasteiger partial charge in [0.2, 0.25) is 0 Å². The van der Waals surface area contributed by atoms with Crippen molar-refractivity contribution in [2.24, 2.45) is 21.5 Å². The third kappa shape index (κ3) is 3.62. The highest BCUT2D eigenvalue weighted by Gasteiger charge is 2.11. The number of nitrogens with one attached hydrogen (secondary N) is 1. The van der Waals surface area contributed by atoms with Crippen molar-refractivity contribution in [3.8, 4) is 0 Å². The molecule has 0 saturated heterocycles. The van der Waals surface area contributed by atoms with Gasteiger partial charge in [0.25, 0.3) is 0 Å². The Kier molecular flexibility index (Phi) is 3.72. The van der Waals surface area contributed by atoms with Crippen molar-refractivity contribution in [1.82, 2.24) is 5.32 Å². The van der Waals surface area contributed by atoms with Gasteiger partial charge in [-0.1, -0.05) is 11.8 Å². The second kappa shape index (κ2) is 4.82. The number of thioether (sulfide) groups is 1. The number of aliphatic carboxylic acids is 1. The monoisotopic (exact) mass is 217 g/mol. The van der Waals surface area contributed by atoms with Crippen molar-refractivity contribution in [3.05, 3.63) is 0 Å². The molecule has 0 amide bonds. The first kappa shape index (κ1) is 10.8. The van der Waals surface area contributed by atoms with Crippen LogP contribution in [0, 0.1) is 0 Å². The standard InChI is InChI=1S/C6H11N5O2S/c7-4-9-5(8)11-6(10-4)14-2-1-3(12)13/h4H,1-2,7H2,(H,12,13)(H3,8,9,10,11). The predicted octanol–water partition coefficient (Wildman–Crippen LogP) is -1.29. The van der Waals surface area contributed by atoms with Crippen LogP contribution in [0.15, 0.2) is 9.98 Å². The van der Waals surface area contributed by atoms with Gasteiger partial charge in [0, 0.05) is 5.75 Å². The zero-order chi connectivity index (χ0) is 10.6. The summed E-state index contributed by atoms with van der Waals surface area (Å²) in [6.07, 6.45) is -0.624. The van der Waals surface area contributed by atoms with Gasteiger partial charge >= 0.3 is 5.97 Å². The van der Waals surface area contributed by atoms with Crippen LogP contribution < -0.4 is 16.8 Å². The van der Waals surface area contributed by atoms with E-state index in [0.29, 0.717) is 10.9 Å². The lowest BCUT2D eigenvalue weighted by Crippen LogP contribution is -2.42. The fourth-order valence-corrected chi connectivity index (χ4v) is 1.60. The molecule has 1 aliphatic heterocycles. The molecule has 8 heteroatoms. The molecule has 0 bridgehead atoms. The Hall–Kier alpha value is -1.28. The van der Waals surface area contributed by atoms with Gasteiger partial charge in [-0.3, -0.25) is 10.5 Å². The number of carbonyl (C=O) groups is 1. The number of rotatable bonds is 3. The Morgan fingerprint density at radius 1 is 1.64 bits per heavy atom. The largest absolute Gasteiger partial charge is 0.481 e. The second-order valence-corrected chi connectivity index (χ2v) is 3.56. The van der Waals surface area contributed by atoms with Gasteiger partial charge in [-0.05, 0) is 0 Å². The van der Waals surface area contributed by atoms with Crippen LogP contribution in [0.3, 0.4) is 0 Å². The molecular weight excluding hydrogens is 206 g/mol. The Morgan fingerprint density at radius 2 is 2.36 bits per heavy atom. The van der Waals surface area contributed by atoms with E-state index in [1.807, 2.05) is 0 Å². The van der Waals surface area contributed by atoms with Crippen LogP contribution in [0.2, 0.25) is 0 Å². The lowest BCUT2D eigenvalue weighted by Gasteiger charge is -2.15. The minimum Gasteiger partial charge on any atom is -0.481 e. The van der Waals surface area contributed by atoms with Crippen molar-refractivity contribution in [1.29, 1.82) is 0 Å². The van der Waals surface area contributed by atoms with E-state index in [0.717, 1.165) is 0 Å². The smallest absolute Gasteiger partial charge is 0.304 e. The van der Waals surface area contributed by atoms with Gasteiger partial charge in [-0.25, -0.2) is 9.98 Å². The van der Waals surface area contributed by atoms with Crippen molar-refractivity contribution >= 4 is 28.9 Å². The summed E-state index contributed by atoms with van der Waals surface area (Å²) in [5.74, 6) is -0.230. The number of hydrogen-bond acceptors (Lipinski definition) is 7. The van der Waals surface area contributed by atoms with Gasteiger partial charge in [0.1, 0.15) is 0 Å². The van der Waals surface area contributed by atoms with Crippen LogP contribution in [0.25, 0.3) is 0 Å². The Balaban J connectivity index is 2.35. The van der Waals surface area contributed by atoms with Gasteiger partial charge in [-0.15, -0.1) is 0 Å². The molecule has 0 aliphatic carbocycles. The van der Waals surface area contributed by atoms with Crippen LogP contribution in [-0.2, 0) is 4.79 Å². The molecule has 0 saturated carbocycles. The van der Waals surface area contributed by atoms with E-state index in [2.05, 4.69) is 15.3 Å². The third-order valence-electron chi connectivity index (χ3n) is 1.31. The van der Waals surface area contributed by atoms with Crippen LogP contribution in [0.1, 0.15) is 6.42 Å². The zero-order valence-electron chi connectivity index (χ0n) is 7.30. The zero-order valence-corrected chi connectivity index (χ0v) is 8.12. The maximum atomic E-state index is 10.2. The first-order valence-electron chi connectivity index (χ1n) is 3.86. The summed E-state index contributed by atoms with van der Waals surface area (Å²) in [6.45, 7) is 0. The molecular formula is C6H11N5O2S. The number of aliphatic imine (C=N–C) groups is 2. The summed E-state index contributed by atoms with van der Waals surface area (Å²) in [5.41, 5.74) is 10.8. The molecule has 78 valence electrons. The second-order valence-electron chi connectivity index (χ2n) is 2.48.